The van der Waals surface area contributed by atoms with Crippen LogP contribution in [-0.4, -0.2) is 59.9 Å². The molecule has 0 amide bonds. The quantitative estimate of drug-likeness (QED) is 0.249. The molecule has 0 bridgehead atoms. The molecule has 3 aromatic carbocycles. The molecule has 1 saturated heterocycles. The first-order chi connectivity index (χ1) is 16.0. The number of nitrogens with one attached hydrogen (secondary N) is 1. The van der Waals surface area contributed by atoms with Crippen LogP contribution in [0.3, 0.4) is 0 Å². The van der Waals surface area contributed by atoms with Gasteiger partial charge in [0.25, 0.3) is 0 Å². The van der Waals surface area contributed by atoms with E-state index in [1.807, 2.05) is 36.4 Å². The van der Waals surface area contributed by atoms with E-state index in [4.69, 9.17) is 10.8 Å². The number of aromatic nitrogens is 2. The van der Waals surface area contributed by atoms with Gasteiger partial charge >= 0.3 is 0 Å². The molecular formula is C25H27N7O. The van der Waals surface area contributed by atoms with Crippen molar-refractivity contribution in [2.45, 2.75) is 0 Å². The standard InChI is InChI=1S/C25H27N7O/c1-27-22(19-7-6-18-15-20(33)9-8-17(18)14-19)16-32(26)25-28-21-4-3-5-23(24(21)29-25)31-12-10-30(2)11-13-31/h3-9,14-16,33H,1,10-13,26H2,2H3,(H,28,29)/b22-16-. The van der Waals surface area contributed by atoms with Crippen molar-refractivity contribution in [1.29, 1.82) is 0 Å². The van der Waals surface area contributed by atoms with Crippen LogP contribution in [0.25, 0.3) is 27.5 Å². The number of imidazole rings is 1. The molecule has 0 radical (unpaired) electrons. The second-order valence-electron chi connectivity index (χ2n) is 8.35. The summed E-state index contributed by atoms with van der Waals surface area (Å²) in [5.41, 5.74) is 4.43. The lowest BCUT2D eigenvalue weighted by Crippen LogP contribution is -2.44. The molecule has 4 aromatic rings. The monoisotopic (exact) mass is 441 g/mol. The molecule has 33 heavy (non-hydrogen) atoms. The van der Waals surface area contributed by atoms with Crippen molar-refractivity contribution < 1.29 is 5.11 Å². The Kier molecular flexibility index (Phi) is 5.45. The maximum absolute atomic E-state index is 9.70. The maximum Gasteiger partial charge on any atom is 0.222 e. The smallest absolute Gasteiger partial charge is 0.222 e. The van der Waals surface area contributed by atoms with Gasteiger partial charge in [-0.15, -0.1) is 0 Å². The van der Waals surface area contributed by atoms with E-state index in [-0.39, 0.29) is 5.75 Å². The summed E-state index contributed by atoms with van der Waals surface area (Å²) < 4.78 is 0. The number of nitrogens with zero attached hydrogens (tertiary/aromatic N) is 5. The molecule has 5 rings (SSSR count). The highest BCUT2D eigenvalue weighted by molar-refractivity contribution is 5.91. The van der Waals surface area contributed by atoms with Gasteiger partial charge in [0.1, 0.15) is 11.3 Å². The van der Waals surface area contributed by atoms with Crippen molar-refractivity contribution in [1.82, 2.24) is 14.9 Å². The third-order valence-corrected chi connectivity index (χ3v) is 6.12. The van der Waals surface area contributed by atoms with E-state index in [0.29, 0.717) is 11.6 Å². The summed E-state index contributed by atoms with van der Waals surface area (Å²) in [5.74, 6) is 7.14. The fourth-order valence-corrected chi connectivity index (χ4v) is 4.22. The normalized spacial score (nSPS) is 15.3. The van der Waals surface area contributed by atoms with Crippen LogP contribution in [-0.2, 0) is 0 Å². The largest absolute Gasteiger partial charge is 0.508 e. The molecule has 1 aliphatic rings. The highest BCUT2D eigenvalue weighted by Crippen LogP contribution is 2.29. The molecule has 8 heteroatoms. The fourth-order valence-electron chi connectivity index (χ4n) is 4.22. The number of rotatable bonds is 5. The van der Waals surface area contributed by atoms with Crippen LogP contribution >= 0.6 is 0 Å². The molecule has 168 valence electrons. The summed E-state index contributed by atoms with van der Waals surface area (Å²) >= 11 is 0. The maximum atomic E-state index is 9.70. The molecule has 8 nitrogen and oxygen atoms in total. The number of likely N-dealkylation sites (N-methyl/N-ethyl adjacent to an activating group) is 1. The molecule has 2 heterocycles. The SMILES string of the molecule is C=N/C(=C\N(N)c1nc2c(N3CCN(C)CC3)cccc2[nH]1)c1ccc2cc(O)ccc2c1. The number of H-pyrrole nitrogens is 1. The average Bonchev–Trinajstić information content (AvgIpc) is 3.27. The second-order valence-corrected chi connectivity index (χ2v) is 8.35. The number of hydrogen-bond donors (Lipinski definition) is 3. The molecule has 0 unspecified atom stereocenters. The number of phenolic OH excluding ortho intramolecular Hbond substituents is 1. The molecule has 4 N–H and O–H groups in total. The van der Waals surface area contributed by atoms with Crippen molar-refractivity contribution in [3.05, 3.63) is 66.4 Å². The van der Waals surface area contributed by atoms with Gasteiger partial charge in [0.2, 0.25) is 5.95 Å². The number of hydrazine groups is 1. The van der Waals surface area contributed by atoms with Crippen molar-refractivity contribution in [3.63, 3.8) is 0 Å². The van der Waals surface area contributed by atoms with E-state index in [9.17, 15) is 5.11 Å². The number of aromatic amines is 1. The van der Waals surface area contributed by atoms with Gasteiger partial charge in [-0.25, -0.2) is 10.8 Å². The summed E-state index contributed by atoms with van der Waals surface area (Å²) in [6.07, 6.45) is 1.71. The highest BCUT2D eigenvalue weighted by Gasteiger charge is 2.19. The minimum absolute atomic E-state index is 0.238. The molecule has 1 aromatic heterocycles. The third kappa shape index (κ3) is 4.13. The Morgan fingerprint density at radius 3 is 2.67 bits per heavy atom. The van der Waals surface area contributed by atoms with E-state index < -0.39 is 0 Å². The predicted molar refractivity (Wildman–Crippen MR) is 136 cm³/mol. The average molecular weight is 442 g/mol. The molecular weight excluding hydrogens is 414 g/mol. The van der Waals surface area contributed by atoms with E-state index in [1.54, 1.807) is 18.3 Å². The first-order valence-electron chi connectivity index (χ1n) is 10.9. The van der Waals surface area contributed by atoms with Crippen LogP contribution in [0, 0.1) is 0 Å². The topological polar surface area (TPSA) is 97.0 Å². The Morgan fingerprint density at radius 1 is 1.12 bits per heavy atom. The lowest BCUT2D eigenvalue weighted by Gasteiger charge is -2.34. The third-order valence-electron chi connectivity index (χ3n) is 6.12. The van der Waals surface area contributed by atoms with Gasteiger partial charge < -0.3 is 19.9 Å². The number of para-hydroxylation sites is 1. The Hall–Kier alpha value is -3.88. The van der Waals surface area contributed by atoms with Crippen molar-refractivity contribution in [2.75, 3.05) is 43.1 Å². The molecule has 1 fully saturated rings. The van der Waals surface area contributed by atoms with E-state index in [0.717, 1.165) is 59.2 Å². The Labute approximate surface area is 192 Å². The van der Waals surface area contributed by atoms with Gasteiger partial charge in [-0.05, 0) is 54.9 Å². The van der Waals surface area contributed by atoms with Crippen LogP contribution < -0.4 is 15.8 Å². The molecule has 0 saturated carbocycles. The molecule has 0 spiro atoms. The lowest BCUT2D eigenvalue weighted by atomic mass is 10.1. The Balaban J connectivity index is 1.46. The molecule has 0 aliphatic carbocycles. The number of hydrogen-bond acceptors (Lipinski definition) is 7. The number of nitrogens with two attached hydrogens (primary N) is 1. The zero-order valence-electron chi connectivity index (χ0n) is 18.6. The van der Waals surface area contributed by atoms with Gasteiger partial charge in [-0.1, -0.05) is 24.3 Å². The van der Waals surface area contributed by atoms with E-state index >= 15 is 0 Å². The van der Waals surface area contributed by atoms with Crippen LogP contribution in [0.15, 0.2) is 65.8 Å². The second kappa shape index (κ2) is 8.57. The van der Waals surface area contributed by atoms with Gasteiger partial charge in [0, 0.05) is 31.7 Å². The summed E-state index contributed by atoms with van der Waals surface area (Å²) in [7, 11) is 2.15. The minimum Gasteiger partial charge on any atom is -0.508 e. The zero-order valence-corrected chi connectivity index (χ0v) is 18.6. The first-order valence-corrected chi connectivity index (χ1v) is 10.9. The summed E-state index contributed by atoms with van der Waals surface area (Å²) in [6.45, 7) is 7.71. The van der Waals surface area contributed by atoms with Crippen LogP contribution in [0.5, 0.6) is 5.75 Å². The summed E-state index contributed by atoms with van der Waals surface area (Å²) in [5, 5.41) is 13.1. The zero-order chi connectivity index (χ0) is 22.9. The van der Waals surface area contributed by atoms with Crippen molar-refractivity contribution >= 4 is 45.9 Å². The Bertz CT molecular complexity index is 1350. The predicted octanol–water partition coefficient (Wildman–Crippen LogP) is 3.55. The number of aliphatic imine (C=N–C) groups is 1. The van der Waals surface area contributed by atoms with Crippen LogP contribution in [0.2, 0.25) is 0 Å². The molecule has 0 atom stereocenters. The lowest BCUT2D eigenvalue weighted by molar-refractivity contribution is 0.313. The number of aromatic hydroxyl groups is 1. The first kappa shape index (κ1) is 21.0. The van der Waals surface area contributed by atoms with Gasteiger partial charge in [0.15, 0.2) is 0 Å². The fraction of sp³-hybridized carbons (Fsp3) is 0.200. The molecule has 1 aliphatic heterocycles. The summed E-state index contributed by atoms with van der Waals surface area (Å²) in [4.78, 5) is 17.0. The van der Waals surface area contributed by atoms with Crippen LogP contribution in [0.4, 0.5) is 11.6 Å². The highest BCUT2D eigenvalue weighted by atomic mass is 16.3. The van der Waals surface area contributed by atoms with Crippen LogP contribution in [0.1, 0.15) is 5.56 Å². The van der Waals surface area contributed by atoms with E-state index in [2.05, 4.69) is 39.6 Å². The Morgan fingerprint density at radius 2 is 1.88 bits per heavy atom. The number of piperazine rings is 1. The number of fused-ring (bicyclic) bond motifs is 2. The van der Waals surface area contributed by atoms with Crippen molar-refractivity contribution in [2.24, 2.45) is 10.8 Å². The number of anilines is 2. The number of benzene rings is 3. The van der Waals surface area contributed by atoms with Gasteiger partial charge in [0.05, 0.1) is 23.1 Å². The van der Waals surface area contributed by atoms with Crippen molar-refractivity contribution in [3.8, 4) is 5.75 Å². The van der Waals surface area contributed by atoms with Gasteiger partial charge in [-0.2, -0.15) is 0 Å². The van der Waals surface area contributed by atoms with Gasteiger partial charge in [-0.3, -0.25) is 10.0 Å². The van der Waals surface area contributed by atoms with E-state index in [1.165, 1.54) is 5.01 Å². The summed E-state index contributed by atoms with van der Waals surface area (Å²) in [6, 6.07) is 17.3. The number of phenols is 1. The minimum atomic E-state index is 0.238.